The predicted octanol–water partition coefficient (Wildman–Crippen LogP) is 2.41. The van der Waals surface area contributed by atoms with E-state index in [2.05, 4.69) is 0 Å². The lowest BCUT2D eigenvalue weighted by molar-refractivity contribution is -0.141. The largest absolute Gasteiger partial charge is 0.454 e. The quantitative estimate of drug-likeness (QED) is 0.811. The Bertz CT molecular complexity index is 693. The van der Waals surface area contributed by atoms with Gasteiger partial charge in [0.25, 0.3) is 0 Å². The van der Waals surface area contributed by atoms with Gasteiger partial charge in [-0.2, -0.15) is 0 Å². The molecular weight excluding hydrogens is 332 g/mol. The van der Waals surface area contributed by atoms with Gasteiger partial charge in [-0.05, 0) is 50.3 Å². The standard InChI is InChI=1S/C20H26N2O4/c1-2-21(12-14-3-6-17-18(11-14)26-13-25-17)19(23)16-7-9-22(10-8-16)20(24)15-4-5-15/h3,6,11,15-16H,2,4-5,7-10,12-13H2,1H3. The molecule has 1 saturated carbocycles. The predicted molar refractivity (Wildman–Crippen MR) is 95.7 cm³/mol. The monoisotopic (exact) mass is 358 g/mol. The summed E-state index contributed by atoms with van der Waals surface area (Å²) in [6.07, 6.45) is 3.62. The molecule has 2 amide bonds. The summed E-state index contributed by atoms with van der Waals surface area (Å²) in [7, 11) is 0. The molecule has 6 heteroatoms. The molecular formula is C20H26N2O4. The van der Waals surface area contributed by atoms with Crippen LogP contribution >= 0.6 is 0 Å². The second-order valence-corrected chi connectivity index (χ2v) is 7.41. The fraction of sp³-hybridized carbons (Fsp3) is 0.600. The number of benzene rings is 1. The highest BCUT2D eigenvalue weighted by Gasteiger charge is 2.36. The van der Waals surface area contributed by atoms with Gasteiger partial charge in [0.2, 0.25) is 18.6 Å². The first-order valence-electron chi connectivity index (χ1n) is 9.62. The SMILES string of the molecule is CCN(Cc1ccc2c(c1)OCO2)C(=O)C1CCN(C(=O)C2CC2)CC1. The molecule has 6 nitrogen and oxygen atoms in total. The summed E-state index contributed by atoms with van der Waals surface area (Å²) in [6.45, 7) is 4.95. The lowest BCUT2D eigenvalue weighted by Gasteiger charge is -2.34. The molecule has 1 aliphatic carbocycles. The van der Waals surface area contributed by atoms with Gasteiger partial charge in [0.05, 0.1) is 0 Å². The molecule has 0 N–H and O–H groups in total. The molecule has 0 spiro atoms. The third kappa shape index (κ3) is 3.50. The molecule has 0 unspecified atom stereocenters. The van der Waals surface area contributed by atoms with Crippen molar-refractivity contribution in [3.05, 3.63) is 23.8 Å². The minimum Gasteiger partial charge on any atom is -0.454 e. The van der Waals surface area contributed by atoms with Gasteiger partial charge < -0.3 is 19.3 Å². The Labute approximate surface area is 154 Å². The molecule has 0 bridgehead atoms. The van der Waals surface area contributed by atoms with Crippen LogP contribution in [0.15, 0.2) is 18.2 Å². The van der Waals surface area contributed by atoms with Gasteiger partial charge in [-0.3, -0.25) is 9.59 Å². The van der Waals surface area contributed by atoms with Crippen LogP contribution < -0.4 is 9.47 Å². The van der Waals surface area contributed by atoms with E-state index in [0.29, 0.717) is 32.1 Å². The number of carbonyl (C=O) groups excluding carboxylic acids is 2. The van der Waals surface area contributed by atoms with Crippen LogP contribution in [0.1, 0.15) is 38.2 Å². The molecule has 0 atom stereocenters. The molecule has 140 valence electrons. The summed E-state index contributed by atoms with van der Waals surface area (Å²) in [6, 6.07) is 5.84. The maximum absolute atomic E-state index is 13.0. The topological polar surface area (TPSA) is 59.1 Å². The number of carbonyl (C=O) groups is 2. The zero-order valence-corrected chi connectivity index (χ0v) is 15.3. The third-order valence-electron chi connectivity index (χ3n) is 5.59. The normalized spacial score (nSPS) is 19.5. The third-order valence-corrected chi connectivity index (χ3v) is 5.59. The van der Waals surface area contributed by atoms with Crippen LogP contribution in [0.3, 0.4) is 0 Å². The second kappa shape index (κ2) is 7.17. The zero-order valence-electron chi connectivity index (χ0n) is 15.3. The molecule has 3 aliphatic rings. The number of ether oxygens (including phenoxy) is 2. The van der Waals surface area contributed by atoms with Gasteiger partial charge in [0.1, 0.15) is 0 Å². The van der Waals surface area contributed by atoms with Crippen LogP contribution in [-0.4, -0.2) is 48.0 Å². The molecule has 26 heavy (non-hydrogen) atoms. The van der Waals surface area contributed by atoms with Crippen molar-refractivity contribution < 1.29 is 19.1 Å². The number of amides is 2. The number of nitrogens with zero attached hydrogens (tertiary/aromatic N) is 2. The van der Waals surface area contributed by atoms with E-state index in [1.807, 2.05) is 34.9 Å². The van der Waals surface area contributed by atoms with Crippen LogP contribution in [0.25, 0.3) is 0 Å². The minimum absolute atomic E-state index is 0.0206. The number of likely N-dealkylation sites (tertiary alicyclic amines) is 1. The first-order chi connectivity index (χ1) is 12.7. The van der Waals surface area contributed by atoms with Crippen molar-refractivity contribution in [2.75, 3.05) is 26.4 Å². The van der Waals surface area contributed by atoms with Crippen molar-refractivity contribution in [2.45, 2.75) is 39.2 Å². The van der Waals surface area contributed by atoms with E-state index in [9.17, 15) is 9.59 Å². The van der Waals surface area contributed by atoms with E-state index in [-0.39, 0.29) is 24.5 Å². The average molecular weight is 358 g/mol. The molecule has 2 heterocycles. The maximum Gasteiger partial charge on any atom is 0.231 e. The Kier molecular flexibility index (Phi) is 4.74. The molecule has 2 fully saturated rings. The van der Waals surface area contributed by atoms with Crippen LogP contribution in [0.4, 0.5) is 0 Å². The summed E-state index contributed by atoms with van der Waals surface area (Å²) in [4.78, 5) is 29.0. The number of hydrogen-bond donors (Lipinski definition) is 0. The van der Waals surface area contributed by atoms with E-state index >= 15 is 0 Å². The van der Waals surface area contributed by atoms with Crippen LogP contribution in [-0.2, 0) is 16.1 Å². The molecule has 2 aliphatic heterocycles. The first-order valence-corrected chi connectivity index (χ1v) is 9.62. The zero-order chi connectivity index (χ0) is 18.1. The van der Waals surface area contributed by atoms with Crippen molar-refractivity contribution in [1.82, 2.24) is 9.80 Å². The van der Waals surface area contributed by atoms with E-state index in [1.165, 1.54) is 0 Å². The minimum atomic E-state index is 0.0206. The summed E-state index contributed by atoms with van der Waals surface area (Å²) in [5.74, 6) is 2.29. The highest BCUT2D eigenvalue weighted by Crippen LogP contribution is 2.34. The summed E-state index contributed by atoms with van der Waals surface area (Å²) < 4.78 is 10.8. The highest BCUT2D eigenvalue weighted by molar-refractivity contribution is 5.82. The molecule has 1 saturated heterocycles. The Balaban J connectivity index is 1.34. The van der Waals surface area contributed by atoms with Crippen LogP contribution in [0.2, 0.25) is 0 Å². The van der Waals surface area contributed by atoms with Crippen LogP contribution in [0.5, 0.6) is 11.5 Å². The molecule has 4 rings (SSSR count). The lowest BCUT2D eigenvalue weighted by Crippen LogP contribution is -2.44. The molecule has 1 aromatic rings. The van der Waals surface area contributed by atoms with Gasteiger partial charge in [0.15, 0.2) is 11.5 Å². The van der Waals surface area contributed by atoms with Crippen molar-refractivity contribution >= 4 is 11.8 Å². The van der Waals surface area contributed by atoms with Gasteiger partial charge in [-0.1, -0.05) is 6.07 Å². The Morgan fingerprint density at radius 1 is 1.08 bits per heavy atom. The van der Waals surface area contributed by atoms with Crippen molar-refractivity contribution in [3.8, 4) is 11.5 Å². The fourth-order valence-electron chi connectivity index (χ4n) is 3.80. The van der Waals surface area contributed by atoms with E-state index in [0.717, 1.165) is 42.7 Å². The summed E-state index contributed by atoms with van der Waals surface area (Å²) >= 11 is 0. The number of fused-ring (bicyclic) bond motifs is 1. The number of piperidine rings is 1. The van der Waals surface area contributed by atoms with Crippen molar-refractivity contribution in [1.29, 1.82) is 0 Å². The van der Waals surface area contributed by atoms with Gasteiger partial charge >= 0.3 is 0 Å². The molecule has 0 aromatic heterocycles. The number of hydrogen-bond acceptors (Lipinski definition) is 4. The number of rotatable bonds is 5. The Morgan fingerprint density at radius 2 is 1.81 bits per heavy atom. The maximum atomic E-state index is 13.0. The highest BCUT2D eigenvalue weighted by atomic mass is 16.7. The van der Waals surface area contributed by atoms with Crippen molar-refractivity contribution in [3.63, 3.8) is 0 Å². The molecule has 0 radical (unpaired) electrons. The first kappa shape index (κ1) is 17.2. The fourth-order valence-corrected chi connectivity index (χ4v) is 3.80. The second-order valence-electron chi connectivity index (χ2n) is 7.41. The van der Waals surface area contributed by atoms with E-state index in [4.69, 9.17) is 9.47 Å². The summed E-state index contributed by atoms with van der Waals surface area (Å²) in [5, 5.41) is 0. The van der Waals surface area contributed by atoms with Gasteiger partial charge in [0, 0.05) is 38.0 Å². The van der Waals surface area contributed by atoms with Gasteiger partial charge in [-0.25, -0.2) is 0 Å². The summed E-state index contributed by atoms with van der Waals surface area (Å²) in [5.41, 5.74) is 1.05. The lowest BCUT2D eigenvalue weighted by atomic mass is 9.94. The van der Waals surface area contributed by atoms with Gasteiger partial charge in [-0.15, -0.1) is 0 Å². The molecule has 1 aromatic carbocycles. The van der Waals surface area contributed by atoms with Crippen LogP contribution in [0, 0.1) is 11.8 Å². The average Bonchev–Trinajstić information content (AvgIpc) is 3.42. The smallest absolute Gasteiger partial charge is 0.231 e. The van der Waals surface area contributed by atoms with E-state index in [1.54, 1.807) is 0 Å². The van der Waals surface area contributed by atoms with Crippen molar-refractivity contribution in [2.24, 2.45) is 11.8 Å². The Hall–Kier alpha value is -2.24. The van der Waals surface area contributed by atoms with E-state index < -0.39 is 0 Å². The Morgan fingerprint density at radius 3 is 2.50 bits per heavy atom.